The van der Waals surface area contributed by atoms with Crippen LogP contribution in [0.25, 0.3) is 0 Å². The first kappa shape index (κ1) is 15.1. The van der Waals surface area contributed by atoms with Gasteiger partial charge in [0.15, 0.2) is 0 Å². The molecule has 5 fully saturated rings. The van der Waals surface area contributed by atoms with E-state index in [1.54, 1.807) is 0 Å². The topological polar surface area (TPSA) is 50.7 Å². The lowest BCUT2D eigenvalue weighted by Gasteiger charge is -2.64. The fourth-order valence-electron chi connectivity index (χ4n) is 5.03. The number of hydrogen-bond acceptors (Lipinski definition) is 4. The van der Waals surface area contributed by atoms with Crippen LogP contribution in [0.2, 0.25) is 0 Å². The van der Waals surface area contributed by atoms with Crippen molar-refractivity contribution in [2.75, 3.05) is 6.54 Å². The van der Waals surface area contributed by atoms with Crippen LogP contribution in [0.1, 0.15) is 40.0 Å². The first-order valence-corrected chi connectivity index (χ1v) is 7.66. The molecular weight excluding hydrogens is 276 g/mol. The number of halogens is 1. The summed E-state index contributed by atoms with van der Waals surface area (Å²) >= 11 is 0. The van der Waals surface area contributed by atoms with Crippen LogP contribution in [0, 0.1) is 17.3 Å². The minimum Gasteiger partial charge on any atom is -0.404 e. The molecule has 0 aromatic heterocycles. The van der Waals surface area contributed by atoms with Gasteiger partial charge in [-0.05, 0) is 43.4 Å². The van der Waals surface area contributed by atoms with Crippen molar-refractivity contribution in [2.24, 2.45) is 17.3 Å². The lowest BCUT2D eigenvalue weighted by atomic mass is 9.43. The van der Waals surface area contributed by atoms with Crippen molar-refractivity contribution in [1.82, 2.24) is 5.32 Å². The Hall–Kier alpha value is 0.195. The molecule has 3 aliphatic carbocycles. The Labute approximate surface area is 127 Å². The second-order valence-electron chi connectivity index (χ2n) is 7.74. The summed E-state index contributed by atoms with van der Waals surface area (Å²) in [5.74, 6) is 1.55. The van der Waals surface area contributed by atoms with Gasteiger partial charge in [-0.3, -0.25) is 0 Å². The molecule has 2 heterocycles. The predicted molar refractivity (Wildman–Crippen MR) is 79.8 cm³/mol. The first-order chi connectivity index (χ1) is 8.91. The first-order valence-electron chi connectivity index (χ1n) is 7.66. The lowest BCUT2D eigenvalue weighted by molar-refractivity contribution is -0.199. The molecule has 0 aromatic carbocycles. The zero-order chi connectivity index (χ0) is 13.4. The van der Waals surface area contributed by atoms with E-state index in [0.717, 1.165) is 18.8 Å². The molecule has 0 amide bonds. The maximum atomic E-state index is 9.65. The number of hydrogen-bond donors (Lipinski definition) is 2. The van der Waals surface area contributed by atoms with E-state index in [1.165, 1.54) is 6.42 Å². The summed E-state index contributed by atoms with van der Waals surface area (Å²) in [5, 5.41) is 13.0. The normalized spacial score (nSPS) is 52.2. The van der Waals surface area contributed by atoms with Crippen molar-refractivity contribution in [1.29, 1.82) is 0 Å². The highest BCUT2D eigenvalue weighted by Gasteiger charge is 2.68. The van der Waals surface area contributed by atoms with Gasteiger partial charge in [0.2, 0.25) is 0 Å². The smallest absolute Gasteiger partial charge is 0.404 e. The number of β-amino-alcohol motifs (C(OH)–C–C–N with tert-alkyl or cyclic N) is 1. The van der Waals surface area contributed by atoms with Crippen molar-refractivity contribution in [3.63, 3.8) is 0 Å². The summed E-state index contributed by atoms with van der Waals surface area (Å²) in [5.41, 5.74) is 0.268. The van der Waals surface area contributed by atoms with Gasteiger partial charge in [0.1, 0.15) is 0 Å². The average molecular weight is 302 g/mol. The van der Waals surface area contributed by atoms with Gasteiger partial charge >= 0.3 is 7.12 Å². The third kappa shape index (κ3) is 1.83. The van der Waals surface area contributed by atoms with Crippen LogP contribution in [0.5, 0.6) is 0 Å². The predicted octanol–water partition coefficient (Wildman–Crippen LogP) is 1.40. The molecule has 3 saturated carbocycles. The Balaban J connectivity index is 0.00000121. The number of rotatable bonds is 1. The number of aliphatic hydroxyl groups excluding tert-OH is 1. The van der Waals surface area contributed by atoms with Gasteiger partial charge in [0, 0.05) is 12.5 Å². The van der Waals surface area contributed by atoms with Crippen molar-refractivity contribution in [3.8, 4) is 0 Å². The van der Waals surface area contributed by atoms with Crippen LogP contribution in [0.15, 0.2) is 0 Å². The van der Waals surface area contributed by atoms with Crippen LogP contribution in [0.4, 0.5) is 0 Å². The molecule has 2 bridgehead atoms. The number of nitrogens with one attached hydrogen (secondary N) is 1. The van der Waals surface area contributed by atoms with Crippen LogP contribution in [-0.2, 0) is 9.31 Å². The van der Waals surface area contributed by atoms with Crippen molar-refractivity contribution in [3.05, 3.63) is 0 Å². The summed E-state index contributed by atoms with van der Waals surface area (Å²) in [6.07, 6.45) is 3.15. The summed E-state index contributed by atoms with van der Waals surface area (Å²) in [7, 11) is -0.178. The van der Waals surface area contributed by atoms with Crippen LogP contribution < -0.4 is 5.32 Å². The van der Waals surface area contributed by atoms with Gasteiger partial charge < -0.3 is 19.7 Å². The van der Waals surface area contributed by atoms with Crippen LogP contribution >= 0.6 is 12.4 Å². The van der Waals surface area contributed by atoms with Gasteiger partial charge in [-0.1, -0.05) is 13.8 Å². The average Bonchev–Trinajstić information content (AvgIpc) is 2.90. The molecule has 6 atom stereocenters. The molecule has 6 heteroatoms. The molecule has 0 unspecified atom stereocenters. The van der Waals surface area contributed by atoms with E-state index < -0.39 is 0 Å². The van der Waals surface area contributed by atoms with Gasteiger partial charge in [-0.2, -0.15) is 0 Å². The molecule has 114 valence electrons. The molecule has 2 aliphatic heterocycles. The van der Waals surface area contributed by atoms with E-state index in [1.807, 2.05) is 0 Å². The zero-order valence-corrected chi connectivity index (χ0v) is 13.3. The van der Waals surface area contributed by atoms with E-state index in [-0.39, 0.29) is 43.3 Å². The maximum Gasteiger partial charge on any atom is 0.475 e. The second-order valence-corrected chi connectivity index (χ2v) is 7.74. The molecule has 0 spiro atoms. The third-order valence-electron chi connectivity index (χ3n) is 6.44. The Morgan fingerprint density at radius 1 is 1.20 bits per heavy atom. The van der Waals surface area contributed by atoms with E-state index in [2.05, 4.69) is 26.1 Å². The van der Waals surface area contributed by atoms with Gasteiger partial charge in [0.05, 0.1) is 17.8 Å². The highest BCUT2D eigenvalue weighted by Crippen LogP contribution is 2.65. The molecule has 5 rings (SSSR count). The third-order valence-corrected chi connectivity index (χ3v) is 6.44. The van der Waals surface area contributed by atoms with E-state index >= 15 is 0 Å². The molecule has 20 heavy (non-hydrogen) atoms. The van der Waals surface area contributed by atoms with E-state index in [4.69, 9.17) is 9.31 Å². The highest BCUT2D eigenvalue weighted by molar-refractivity contribution is 6.47. The molecule has 2 N–H and O–H groups in total. The monoisotopic (exact) mass is 301 g/mol. The molecule has 0 radical (unpaired) electrons. The highest BCUT2D eigenvalue weighted by atomic mass is 35.5. The lowest BCUT2D eigenvalue weighted by Crippen LogP contribution is -2.65. The minimum atomic E-state index is -0.252. The Morgan fingerprint density at radius 2 is 1.95 bits per heavy atom. The van der Waals surface area contributed by atoms with Crippen LogP contribution in [0.3, 0.4) is 0 Å². The fourth-order valence-corrected chi connectivity index (χ4v) is 5.03. The molecule has 4 nitrogen and oxygen atoms in total. The zero-order valence-electron chi connectivity index (χ0n) is 12.5. The Bertz CT molecular complexity index is 410. The summed E-state index contributed by atoms with van der Waals surface area (Å²) in [4.78, 5) is 0. The van der Waals surface area contributed by atoms with E-state index in [9.17, 15) is 5.11 Å². The standard InChI is InChI=1S/C14H24BNO3.ClH/c1-13(2)8-4-10(13)14(3)11(5-8)18-15(19-14)12-6-9(17)7-16-12;/h8-12,16-17H,4-7H2,1-3H3;1H/t8-,9-,10-,11+,12-,14-;/m0./s1. The molecule has 5 aliphatic rings. The van der Waals surface area contributed by atoms with Crippen LogP contribution in [-0.4, -0.2) is 42.5 Å². The molecule has 2 saturated heterocycles. The summed E-state index contributed by atoms with van der Waals surface area (Å²) in [6.45, 7) is 7.65. The largest absolute Gasteiger partial charge is 0.475 e. The van der Waals surface area contributed by atoms with Crippen molar-refractivity contribution < 1.29 is 14.4 Å². The quantitative estimate of drug-likeness (QED) is 0.719. The fraction of sp³-hybridized carbons (Fsp3) is 1.00. The second kappa shape index (κ2) is 4.59. The van der Waals surface area contributed by atoms with Crippen molar-refractivity contribution >= 4 is 19.5 Å². The van der Waals surface area contributed by atoms with E-state index in [0.29, 0.717) is 17.9 Å². The Morgan fingerprint density at radius 3 is 2.55 bits per heavy atom. The number of aliphatic hydroxyl groups is 1. The summed E-state index contributed by atoms with van der Waals surface area (Å²) in [6, 6.07) is 0. The van der Waals surface area contributed by atoms with Gasteiger partial charge in [-0.25, -0.2) is 0 Å². The molecular formula is C14H25BClNO3. The van der Waals surface area contributed by atoms with Crippen molar-refractivity contribution in [2.45, 2.75) is 63.8 Å². The molecule has 0 aromatic rings. The maximum absolute atomic E-state index is 9.65. The van der Waals surface area contributed by atoms with Gasteiger partial charge in [0.25, 0.3) is 0 Å². The minimum absolute atomic E-state index is 0. The van der Waals surface area contributed by atoms with Gasteiger partial charge in [-0.15, -0.1) is 12.4 Å². The SMILES string of the molecule is CC1(C)[C@@H]2C[C@H]3OB([C@@H]4C[C@H](O)CN4)O[C@@]3(C)[C@H]1C2.Cl. The summed E-state index contributed by atoms with van der Waals surface area (Å²) < 4.78 is 12.6. The Kier molecular flexibility index (Phi) is 3.47.